The van der Waals surface area contributed by atoms with Gasteiger partial charge in [0.05, 0.1) is 18.9 Å². The van der Waals surface area contributed by atoms with Gasteiger partial charge in [0.15, 0.2) is 0 Å². The van der Waals surface area contributed by atoms with Crippen LogP contribution in [-0.4, -0.2) is 36.5 Å². The van der Waals surface area contributed by atoms with E-state index in [0.29, 0.717) is 31.1 Å². The molecule has 21 heavy (non-hydrogen) atoms. The first-order chi connectivity index (χ1) is 10.1. The summed E-state index contributed by atoms with van der Waals surface area (Å²) in [5.41, 5.74) is 0.933. The average molecular weight is 310 g/mol. The molecule has 1 saturated heterocycles. The molecule has 0 saturated carbocycles. The molecule has 114 valence electrons. The minimum Gasteiger partial charge on any atom is -0.466 e. The van der Waals surface area contributed by atoms with Crippen molar-refractivity contribution in [2.75, 3.05) is 19.7 Å². The van der Waals surface area contributed by atoms with Crippen LogP contribution in [0.4, 0.5) is 0 Å². The zero-order valence-corrected chi connectivity index (χ0v) is 12.9. The van der Waals surface area contributed by atoms with E-state index in [1.165, 1.54) is 0 Å². The Hall–Kier alpha value is -1.55. The Morgan fingerprint density at radius 3 is 2.71 bits per heavy atom. The standard InChI is InChI=1S/C16H20ClNO3/c1-2-21-16(20)13-4-3-9-18(11-13)15(19)10-12-5-7-14(17)8-6-12/h5-8,13H,2-4,9-11H2,1H3/t13-/m0/s1. The lowest BCUT2D eigenvalue weighted by atomic mass is 9.97. The summed E-state index contributed by atoms with van der Waals surface area (Å²) in [7, 11) is 0. The van der Waals surface area contributed by atoms with Crippen molar-refractivity contribution in [1.82, 2.24) is 4.90 Å². The molecule has 0 aliphatic carbocycles. The second-order valence-electron chi connectivity index (χ2n) is 5.23. The molecule has 1 heterocycles. The van der Waals surface area contributed by atoms with E-state index in [-0.39, 0.29) is 17.8 Å². The highest BCUT2D eigenvalue weighted by Crippen LogP contribution is 2.19. The molecule has 1 amide bonds. The number of benzene rings is 1. The third-order valence-electron chi connectivity index (χ3n) is 3.66. The van der Waals surface area contributed by atoms with Crippen molar-refractivity contribution in [3.05, 3.63) is 34.9 Å². The van der Waals surface area contributed by atoms with E-state index in [0.717, 1.165) is 18.4 Å². The predicted molar refractivity (Wildman–Crippen MR) is 81.1 cm³/mol. The number of piperidine rings is 1. The Kier molecular flexibility index (Phi) is 5.62. The van der Waals surface area contributed by atoms with Crippen LogP contribution in [0.5, 0.6) is 0 Å². The fourth-order valence-electron chi connectivity index (χ4n) is 2.54. The molecule has 1 aromatic carbocycles. The van der Waals surface area contributed by atoms with E-state index >= 15 is 0 Å². The summed E-state index contributed by atoms with van der Waals surface area (Å²) in [6.07, 6.45) is 1.98. The van der Waals surface area contributed by atoms with E-state index in [2.05, 4.69) is 0 Å². The number of carbonyl (C=O) groups is 2. The number of hydrogen-bond donors (Lipinski definition) is 0. The van der Waals surface area contributed by atoms with Gasteiger partial charge in [0, 0.05) is 18.1 Å². The van der Waals surface area contributed by atoms with Crippen LogP contribution in [0.2, 0.25) is 5.02 Å². The highest BCUT2D eigenvalue weighted by atomic mass is 35.5. The van der Waals surface area contributed by atoms with Gasteiger partial charge >= 0.3 is 5.97 Å². The van der Waals surface area contributed by atoms with Gasteiger partial charge in [-0.1, -0.05) is 23.7 Å². The Balaban J connectivity index is 1.92. The Bertz CT molecular complexity index is 501. The number of ether oxygens (including phenoxy) is 1. The molecule has 2 rings (SSSR count). The quantitative estimate of drug-likeness (QED) is 0.803. The SMILES string of the molecule is CCOC(=O)[C@H]1CCCN(C(=O)Cc2ccc(Cl)cc2)C1. The van der Waals surface area contributed by atoms with Crippen molar-refractivity contribution in [3.8, 4) is 0 Å². The van der Waals surface area contributed by atoms with Crippen LogP contribution in [0.25, 0.3) is 0 Å². The van der Waals surface area contributed by atoms with E-state index in [1.807, 2.05) is 12.1 Å². The van der Waals surface area contributed by atoms with Gasteiger partial charge in [0.1, 0.15) is 0 Å². The van der Waals surface area contributed by atoms with Gasteiger partial charge in [-0.3, -0.25) is 9.59 Å². The first-order valence-electron chi connectivity index (χ1n) is 7.29. The lowest BCUT2D eigenvalue weighted by Crippen LogP contribution is -2.43. The Morgan fingerprint density at radius 1 is 1.33 bits per heavy atom. The predicted octanol–water partition coefficient (Wildman–Crippen LogP) is 2.68. The first-order valence-corrected chi connectivity index (χ1v) is 7.66. The van der Waals surface area contributed by atoms with Gasteiger partial charge in [-0.25, -0.2) is 0 Å². The van der Waals surface area contributed by atoms with Crippen molar-refractivity contribution >= 4 is 23.5 Å². The second kappa shape index (κ2) is 7.46. The molecule has 1 atom stereocenters. The first kappa shape index (κ1) is 15.8. The monoisotopic (exact) mass is 309 g/mol. The molecule has 0 aromatic heterocycles. The number of hydrogen-bond acceptors (Lipinski definition) is 3. The molecule has 0 bridgehead atoms. The van der Waals surface area contributed by atoms with Crippen LogP contribution in [0.1, 0.15) is 25.3 Å². The number of nitrogens with zero attached hydrogens (tertiary/aromatic N) is 1. The Labute approximate surface area is 130 Å². The van der Waals surface area contributed by atoms with Crippen molar-refractivity contribution in [2.24, 2.45) is 5.92 Å². The van der Waals surface area contributed by atoms with Gasteiger partial charge < -0.3 is 9.64 Å². The number of halogens is 1. The van der Waals surface area contributed by atoms with Crippen LogP contribution in [0.3, 0.4) is 0 Å². The van der Waals surface area contributed by atoms with Crippen LogP contribution in [0.15, 0.2) is 24.3 Å². The molecular formula is C16H20ClNO3. The minimum absolute atomic E-state index is 0.0475. The molecule has 0 radical (unpaired) electrons. The maximum absolute atomic E-state index is 12.3. The molecule has 0 N–H and O–H groups in total. The summed E-state index contributed by atoms with van der Waals surface area (Å²) >= 11 is 5.83. The van der Waals surface area contributed by atoms with E-state index < -0.39 is 0 Å². The highest BCUT2D eigenvalue weighted by Gasteiger charge is 2.29. The van der Waals surface area contributed by atoms with Gasteiger partial charge in [-0.05, 0) is 37.5 Å². The van der Waals surface area contributed by atoms with Gasteiger partial charge in [-0.15, -0.1) is 0 Å². The summed E-state index contributed by atoms with van der Waals surface area (Å²) in [5.74, 6) is -0.333. The van der Waals surface area contributed by atoms with Crippen molar-refractivity contribution < 1.29 is 14.3 Å². The summed E-state index contributed by atoms with van der Waals surface area (Å²) in [4.78, 5) is 25.9. The molecule has 1 aromatic rings. The Morgan fingerprint density at radius 2 is 2.05 bits per heavy atom. The summed E-state index contributed by atoms with van der Waals surface area (Å²) < 4.78 is 5.05. The normalized spacial score (nSPS) is 18.4. The van der Waals surface area contributed by atoms with Crippen molar-refractivity contribution in [1.29, 1.82) is 0 Å². The summed E-state index contributed by atoms with van der Waals surface area (Å²) in [5, 5.41) is 0.659. The van der Waals surface area contributed by atoms with Crippen molar-refractivity contribution in [3.63, 3.8) is 0 Å². The fourth-order valence-corrected chi connectivity index (χ4v) is 2.67. The lowest BCUT2D eigenvalue weighted by molar-refractivity contribution is -0.151. The summed E-state index contributed by atoms with van der Waals surface area (Å²) in [6, 6.07) is 7.27. The maximum atomic E-state index is 12.3. The molecule has 0 spiro atoms. The number of rotatable bonds is 4. The maximum Gasteiger partial charge on any atom is 0.310 e. The van der Waals surface area contributed by atoms with E-state index in [1.54, 1.807) is 24.0 Å². The summed E-state index contributed by atoms with van der Waals surface area (Å²) in [6.45, 7) is 3.35. The number of amides is 1. The van der Waals surface area contributed by atoms with Crippen molar-refractivity contribution in [2.45, 2.75) is 26.2 Å². The highest BCUT2D eigenvalue weighted by molar-refractivity contribution is 6.30. The van der Waals surface area contributed by atoms with Crippen LogP contribution >= 0.6 is 11.6 Å². The van der Waals surface area contributed by atoms with Gasteiger partial charge in [-0.2, -0.15) is 0 Å². The lowest BCUT2D eigenvalue weighted by Gasteiger charge is -2.31. The minimum atomic E-state index is -0.193. The van der Waals surface area contributed by atoms with Crippen LogP contribution in [0, 0.1) is 5.92 Å². The number of esters is 1. The molecule has 4 nitrogen and oxygen atoms in total. The third-order valence-corrected chi connectivity index (χ3v) is 3.91. The van der Waals surface area contributed by atoms with E-state index in [9.17, 15) is 9.59 Å². The zero-order valence-electron chi connectivity index (χ0n) is 12.2. The fraction of sp³-hybridized carbons (Fsp3) is 0.500. The average Bonchev–Trinajstić information content (AvgIpc) is 2.50. The van der Waals surface area contributed by atoms with E-state index in [4.69, 9.17) is 16.3 Å². The van der Waals surface area contributed by atoms with Gasteiger partial charge in [0.25, 0.3) is 0 Å². The van der Waals surface area contributed by atoms with Crippen LogP contribution < -0.4 is 0 Å². The molecule has 5 heteroatoms. The molecule has 1 fully saturated rings. The zero-order chi connectivity index (χ0) is 15.2. The second-order valence-corrected chi connectivity index (χ2v) is 5.67. The third kappa shape index (κ3) is 4.46. The molecule has 1 aliphatic rings. The number of carbonyl (C=O) groups excluding carboxylic acids is 2. The number of likely N-dealkylation sites (tertiary alicyclic amines) is 1. The topological polar surface area (TPSA) is 46.6 Å². The van der Waals surface area contributed by atoms with Gasteiger partial charge in [0.2, 0.25) is 5.91 Å². The molecule has 0 unspecified atom stereocenters. The largest absolute Gasteiger partial charge is 0.466 e. The molecule has 1 aliphatic heterocycles. The molecular weight excluding hydrogens is 290 g/mol. The van der Waals surface area contributed by atoms with Crippen LogP contribution in [-0.2, 0) is 20.7 Å². The smallest absolute Gasteiger partial charge is 0.310 e.